The fraction of sp³-hybridized carbons (Fsp3) is 0.650. The molecule has 0 bridgehead atoms. The van der Waals surface area contributed by atoms with Crippen LogP contribution in [-0.4, -0.2) is 57.2 Å². The zero-order valence-electron chi connectivity index (χ0n) is 17.3. The molecule has 0 heterocycles. The Morgan fingerprint density at radius 1 is 1.30 bits per heavy atom. The smallest absolute Gasteiger partial charge is 0.191 e. The first-order valence-electron chi connectivity index (χ1n) is 9.55. The predicted molar refractivity (Wildman–Crippen MR) is 128 cm³/mol. The number of nitrogens with one attached hydrogen (secondary N) is 2. The zero-order chi connectivity index (χ0) is 19.4. The van der Waals surface area contributed by atoms with E-state index in [2.05, 4.69) is 41.3 Å². The van der Waals surface area contributed by atoms with Crippen molar-refractivity contribution in [1.82, 2.24) is 15.5 Å². The topological polar surface area (TPSA) is 48.9 Å². The van der Waals surface area contributed by atoms with E-state index in [1.807, 2.05) is 18.2 Å². The van der Waals surface area contributed by atoms with Crippen molar-refractivity contribution in [2.45, 2.75) is 46.1 Å². The van der Waals surface area contributed by atoms with E-state index < -0.39 is 0 Å². The van der Waals surface area contributed by atoms with Crippen molar-refractivity contribution in [2.24, 2.45) is 4.99 Å². The molecule has 1 aromatic rings. The first-order valence-corrected chi connectivity index (χ1v) is 9.93. The van der Waals surface area contributed by atoms with Gasteiger partial charge in [0.2, 0.25) is 0 Å². The number of rotatable bonds is 11. The number of nitrogens with zero attached hydrogens (tertiary/aromatic N) is 2. The van der Waals surface area contributed by atoms with Crippen LogP contribution >= 0.6 is 35.6 Å². The summed E-state index contributed by atoms with van der Waals surface area (Å²) in [5.74, 6) is 1.62. The van der Waals surface area contributed by atoms with Gasteiger partial charge in [-0.2, -0.15) is 0 Å². The molecule has 5 nitrogen and oxygen atoms in total. The van der Waals surface area contributed by atoms with E-state index in [-0.39, 0.29) is 24.0 Å². The van der Waals surface area contributed by atoms with Gasteiger partial charge in [-0.3, -0.25) is 4.99 Å². The molecular weight excluding hydrogens is 475 g/mol. The van der Waals surface area contributed by atoms with Crippen LogP contribution in [0.2, 0.25) is 5.02 Å². The molecule has 2 N–H and O–H groups in total. The van der Waals surface area contributed by atoms with Crippen molar-refractivity contribution in [3.63, 3.8) is 0 Å². The van der Waals surface area contributed by atoms with Gasteiger partial charge in [-0.25, -0.2) is 0 Å². The van der Waals surface area contributed by atoms with Gasteiger partial charge in [-0.1, -0.05) is 31.5 Å². The fourth-order valence-corrected chi connectivity index (χ4v) is 3.10. The Kier molecular flexibility index (Phi) is 14.8. The van der Waals surface area contributed by atoms with Crippen LogP contribution in [-0.2, 0) is 6.42 Å². The highest BCUT2D eigenvalue weighted by molar-refractivity contribution is 14.0. The summed E-state index contributed by atoms with van der Waals surface area (Å²) in [5.41, 5.74) is 1.10. The van der Waals surface area contributed by atoms with Crippen LogP contribution in [0, 0.1) is 0 Å². The largest absolute Gasteiger partial charge is 0.497 e. The second-order valence-corrected chi connectivity index (χ2v) is 6.83. The Balaban J connectivity index is 0.00000676. The second kappa shape index (κ2) is 15.2. The van der Waals surface area contributed by atoms with Crippen molar-refractivity contribution in [3.8, 4) is 5.75 Å². The second-order valence-electron chi connectivity index (χ2n) is 6.42. The summed E-state index contributed by atoms with van der Waals surface area (Å²) in [6, 6.07) is 6.18. The standard InChI is InChI=1S/C20H35ClN4O.HI/c1-6-25(7-2)14-8-9-16(3)24-20(22-4)23-13-12-17-10-11-18(26-5)15-19(17)21;/h10-11,15-16H,6-9,12-14H2,1-5H3,(H2,22,23,24);1H. The number of ether oxygens (including phenoxy) is 1. The highest BCUT2D eigenvalue weighted by Gasteiger charge is 2.07. The highest BCUT2D eigenvalue weighted by atomic mass is 127. The molecule has 0 saturated carbocycles. The van der Waals surface area contributed by atoms with Crippen molar-refractivity contribution >= 4 is 41.5 Å². The van der Waals surface area contributed by atoms with E-state index in [0.29, 0.717) is 6.04 Å². The van der Waals surface area contributed by atoms with Crippen LogP contribution in [0.15, 0.2) is 23.2 Å². The third-order valence-electron chi connectivity index (χ3n) is 4.56. The lowest BCUT2D eigenvalue weighted by molar-refractivity contribution is 0.292. The number of benzene rings is 1. The molecule has 0 spiro atoms. The molecule has 0 saturated heterocycles. The van der Waals surface area contributed by atoms with E-state index in [4.69, 9.17) is 16.3 Å². The fourth-order valence-electron chi connectivity index (χ4n) is 2.83. The number of methoxy groups -OCH3 is 1. The van der Waals surface area contributed by atoms with Crippen molar-refractivity contribution < 1.29 is 4.74 Å². The van der Waals surface area contributed by atoms with Crippen molar-refractivity contribution in [3.05, 3.63) is 28.8 Å². The Bertz CT molecular complexity index is 553. The van der Waals surface area contributed by atoms with Gasteiger partial charge in [0.1, 0.15) is 5.75 Å². The molecule has 156 valence electrons. The molecular formula is C20H36ClIN4O. The van der Waals surface area contributed by atoms with Crippen LogP contribution in [0.25, 0.3) is 0 Å². The molecule has 0 aliphatic rings. The van der Waals surface area contributed by atoms with Crippen molar-refractivity contribution in [1.29, 1.82) is 0 Å². The Morgan fingerprint density at radius 2 is 2.00 bits per heavy atom. The predicted octanol–water partition coefficient (Wildman–Crippen LogP) is 4.18. The first-order chi connectivity index (χ1) is 12.5. The lowest BCUT2D eigenvalue weighted by atomic mass is 10.1. The summed E-state index contributed by atoms with van der Waals surface area (Å²) in [6.45, 7) is 10.8. The van der Waals surface area contributed by atoms with E-state index in [0.717, 1.165) is 61.3 Å². The van der Waals surface area contributed by atoms with Crippen molar-refractivity contribution in [2.75, 3.05) is 40.3 Å². The molecule has 0 amide bonds. The molecule has 1 aromatic carbocycles. The monoisotopic (exact) mass is 510 g/mol. The molecule has 0 radical (unpaired) electrons. The van der Waals surface area contributed by atoms with Crippen LogP contribution in [0.4, 0.5) is 0 Å². The molecule has 0 fully saturated rings. The van der Waals surface area contributed by atoms with E-state index in [1.54, 1.807) is 14.2 Å². The molecule has 7 heteroatoms. The molecule has 1 rings (SSSR count). The number of halogens is 2. The minimum Gasteiger partial charge on any atom is -0.497 e. The minimum atomic E-state index is 0. The van der Waals surface area contributed by atoms with Crippen LogP contribution in [0.1, 0.15) is 39.2 Å². The normalized spacial score (nSPS) is 12.5. The Hall–Kier alpha value is -0.730. The molecule has 27 heavy (non-hydrogen) atoms. The first kappa shape index (κ1) is 26.3. The Morgan fingerprint density at radius 3 is 2.56 bits per heavy atom. The molecule has 1 atom stereocenters. The van der Waals surface area contributed by atoms with Gasteiger partial charge in [0.25, 0.3) is 0 Å². The molecule has 0 aliphatic heterocycles. The third-order valence-corrected chi connectivity index (χ3v) is 4.91. The summed E-state index contributed by atoms with van der Waals surface area (Å²) >= 11 is 6.29. The summed E-state index contributed by atoms with van der Waals surface area (Å²) in [4.78, 5) is 6.77. The molecule has 0 aromatic heterocycles. The number of guanidine groups is 1. The highest BCUT2D eigenvalue weighted by Crippen LogP contribution is 2.22. The maximum Gasteiger partial charge on any atom is 0.191 e. The summed E-state index contributed by atoms with van der Waals surface area (Å²) in [7, 11) is 3.45. The van der Waals surface area contributed by atoms with Crippen LogP contribution in [0.3, 0.4) is 0 Å². The van der Waals surface area contributed by atoms with Gasteiger partial charge in [0.15, 0.2) is 5.96 Å². The average molecular weight is 511 g/mol. The third kappa shape index (κ3) is 10.4. The minimum absolute atomic E-state index is 0. The summed E-state index contributed by atoms with van der Waals surface area (Å²) in [5, 5.41) is 7.56. The van der Waals surface area contributed by atoms with E-state index in [1.165, 1.54) is 6.42 Å². The van der Waals surface area contributed by atoms with Gasteiger partial charge in [-0.05, 0) is 63.5 Å². The lowest BCUT2D eigenvalue weighted by Gasteiger charge is -2.21. The van der Waals surface area contributed by atoms with Gasteiger partial charge < -0.3 is 20.3 Å². The maximum absolute atomic E-state index is 6.29. The zero-order valence-corrected chi connectivity index (χ0v) is 20.4. The maximum atomic E-state index is 6.29. The number of hydrogen-bond acceptors (Lipinski definition) is 3. The Labute approximate surface area is 187 Å². The van der Waals surface area contributed by atoms with Gasteiger partial charge in [-0.15, -0.1) is 24.0 Å². The number of aliphatic imine (C=N–C) groups is 1. The van der Waals surface area contributed by atoms with Crippen LogP contribution < -0.4 is 15.4 Å². The lowest BCUT2D eigenvalue weighted by Crippen LogP contribution is -2.43. The van der Waals surface area contributed by atoms with Gasteiger partial charge >= 0.3 is 0 Å². The van der Waals surface area contributed by atoms with E-state index in [9.17, 15) is 0 Å². The summed E-state index contributed by atoms with van der Waals surface area (Å²) in [6.07, 6.45) is 3.15. The van der Waals surface area contributed by atoms with E-state index >= 15 is 0 Å². The van der Waals surface area contributed by atoms with Crippen LogP contribution in [0.5, 0.6) is 5.75 Å². The molecule has 1 unspecified atom stereocenters. The van der Waals surface area contributed by atoms with Gasteiger partial charge in [0.05, 0.1) is 7.11 Å². The molecule has 0 aliphatic carbocycles. The summed E-state index contributed by atoms with van der Waals surface area (Å²) < 4.78 is 5.18. The SMILES string of the molecule is CCN(CC)CCCC(C)NC(=NC)NCCc1ccc(OC)cc1Cl.I. The quantitative estimate of drug-likeness (QED) is 0.266. The number of hydrogen-bond donors (Lipinski definition) is 2. The van der Waals surface area contributed by atoms with Gasteiger partial charge in [0, 0.05) is 24.7 Å². The average Bonchev–Trinajstić information content (AvgIpc) is 2.65.